The van der Waals surface area contributed by atoms with Crippen molar-refractivity contribution in [3.63, 3.8) is 0 Å². The van der Waals surface area contributed by atoms with Crippen LogP contribution in [0.25, 0.3) is 0 Å². The van der Waals surface area contributed by atoms with E-state index in [1.54, 1.807) is 55.6 Å². The molecule has 0 aliphatic heterocycles. The van der Waals surface area contributed by atoms with Crippen LogP contribution in [0.3, 0.4) is 0 Å². The average molecular weight is 362 g/mol. The number of carbonyl (C=O) groups excluding carboxylic acids is 1. The molecule has 0 atom stereocenters. The molecule has 6 nitrogen and oxygen atoms in total. The van der Waals surface area contributed by atoms with Gasteiger partial charge >= 0.3 is 0 Å². The summed E-state index contributed by atoms with van der Waals surface area (Å²) in [4.78, 5) is 12.0. The normalized spacial score (nSPS) is 11.0. The van der Waals surface area contributed by atoms with Crippen LogP contribution in [0.4, 0.5) is 11.4 Å². The van der Waals surface area contributed by atoms with Crippen molar-refractivity contribution in [2.45, 2.75) is 12.8 Å². The Kier molecular flexibility index (Phi) is 6.41. The number of sulfonamides is 1. The summed E-state index contributed by atoms with van der Waals surface area (Å²) in [7, 11) is -1.82. The van der Waals surface area contributed by atoms with Crippen molar-refractivity contribution in [1.29, 1.82) is 0 Å². The standard InChI is InChI=1S/C18H22N2O4S/c1-24-17-12-10-15(11-13-17)19-18(21)9-6-14-20(25(2,22)23)16-7-4-3-5-8-16/h3-5,7-8,10-13H,6,9,14H2,1-2H3,(H,19,21). The number of ether oxygens (including phenoxy) is 1. The van der Waals surface area contributed by atoms with Gasteiger partial charge in [0.25, 0.3) is 0 Å². The lowest BCUT2D eigenvalue weighted by Crippen LogP contribution is -2.31. The molecule has 25 heavy (non-hydrogen) atoms. The lowest BCUT2D eigenvalue weighted by molar-refractivity contribution is -0.116. The molecule has 2 rings (SSSR count). The molecule has 0 saturated heterocycles. The Hall–Kier alpha value is -2.54. The van der Waals surface area contributed by atoms with Crippen LogP contribution in [0.15, 0.2) is 54.6 Å². The minimum absolute atomic E-state index is 0.160. The highest BCUT2D eigenvalue weighted by molar-refractivity contribution is 7.92. The van der Waals surface area contributed by atoms with Gasteiger partial charge in [-0.3, -0.25) is 9.10 Å². The highest BCUT2D eigenvalue weighted by Gasteiger charge is 2.17. The topological polar surface area (TPSA) is 75.7 Å². The maximum absolute atomic E-state index is 12.0. The van der Waals surface area contributed by atoms with Gasteiger partial charge in [0.2, 0.25) is 15.9 Å². The Morgan fingerprint density at radius 2 is 1.72 bits per heavy atom. The second kappa shape index (κ2) is 8.53. The average Bonchev–Trinajstić information content (AvgIpc) is 2.59. The number of carbonyl (C=O) groups is 1. The fraction of sp³-hybridized carbons (Fsp3) is 0.278. The number of para-hydroxylation sites is 1. The molecule has 0 spiro atoms. The zero-order valence-corrected chi connectivity index (χ0v) is 15.1. The van der Waals surface area contributed by atoms with E-state index < -0.39 is 10.0 Å². The molecular formula is C18H22N2O4S. The molecule has 2 aromatic rings. The number of anilines is 2. The van der Waals surface area contributed by atoms with Crippen molar-refractivity contribution in [3.05, 3.63) is 54.6 Å². The Bertz CT molecular complexity index is 790. The van der Waals surface area contributed by atoms with Gasteiger partial charge in [-0.1, -0.05) is 18.2 Å². The highest BCUT2D eigenvalue weighted by atomic mass is 32.2. The molecule has 1 amide bonds. The number of nitrogens with one attached hydrogen (secondary N) is 1. The first kappa shape index (κ1) is 18.8. The quantitative estimate of drug-likeness (QED) is 0.783. The van der Waals surface area contributed by atoms with E-state index in [9.17, 15) is 13.2 Å². The van der Waals surface area contributed by atoms with Crippen LogP contribution >= 0.6 is 0 Å². The van der Waals surface area contributed by atoms with Crippen LogP contribution in [-0.4, -0.2) is 34.2 Å². The Morgan fingerprint density at radius 1 is 1.08 bits per heavy atom. The predicted octanol–water partition coefficient (Wildman–Crippen LogP) is 2.88. The van der Waals surface area contributed by atoms with E-state index in [2.05, 4.69) is 5.32 Å². The third kappa shape index (κ3) is 5.79. The third-order valence-corrected chi connectivity index (χ3v) is 4.78. The van der Waals surface area contributed by atoms with Gasteiger partial charge < -0.3 is 10.1 Å². The second-order valence-corrected chi connectivity index (χ2v) is 7.46. The van der Waals surface area contributed by atoms with Crippen LogP contribution < -0.4 is 14.4 Å². The Morgan fingerprint density at radius 3 is 2.28 bits per heavy atom. The molecule has 0 aromatic heterocycles. The highest BCUT2D eigenvalue weighted by Crippen LogP contribution is 2.18. The first-order chi connectivity index (χ1) is 11.9. The van der Waals surface area contributed by atoms with Crippen LogP contribution in [0, 0.1) is 0 Å². The Labute approximate surface area is 148 Å². The summed E-state index contributed by atoms with van der Waals surface area (Å²) in [5, 5.41) is 2.78. The van der Waals surface area contributed by atoms with Crippen molar-refractivity contribution >= 4 is 27.3 Å². The maximum Gasteiger partial charge on any atom is 0.232 e. The maximum atomic E-state index is 12.0. The van der Waals surface area contributed by atoms with Crippen LogP contribution in [-0.2, 0) is 14.8 Å². The van der Waals surface area contributed by atoms with Crippen LogP contribution in [0.5, 0.6) is 5.75 Å². The predicted molar refractivity (Wildman–Crippen MR) is 99.5 cm³/mol. The molecular weight excluding hydrogens is 340 g/mol. The number of rotatable bonds is 8. The summed E-state index contributed by atoms with van der Waals surface area (Å²) in [5.74, 6) is 0.552. The molecule has 0 aliphatic carbocycles. The first-order valence-corrected chi connectivity index (χ1v) is 9.71. The molecule has 134 valence electrons. The van der Waals surface area contributed by atoms with E-state index in [0.717, 1.165) is 6.26 Å². The number of benzene rings is 2. The summed E-state index contributed by atoms with van der Waals surface area (Å²) in [6.07, 6.45) is 1.81. The van der Waals surface area contributed by atoms with Crippen molar-refractivity contribution in [2.24, 2.45) is 0 Å². The van der Waals surface area contributed by atoms with Gasteiger partial charge in [0.15, 0.2) is 0 Å². The van der Waals surface area contributed by atoms with Crippen molar-refractivity contribution in [1.82, 2.24) is 0 Å². The van der Waals surface area contributed by atoms with Crippen molar-refractivity contribution in [3.8, 4) is 5.75 Å². The molecule has 0 bridgehead atoms. The van der Waals surface area contributed by atoms with Gasteiger partial charge in [0, 0.05) is 18.7 Å². The van der Waals surface area contributed by atoms with Gasteiger partial charge in [-0.2, -0.15) is 0 Å². The molecule has 0 radical (unpaired) electrons. The summed E-state index contributed by atoms with van der Waals surface area (Å²) < 4.78 is 30.3. The minimum atomic E-state index is -3.39. The second-order valence-electron chi connectivity index (χ2n) is 5.55. The van der Waals surface area contributed by atoms with Crippen LogP contribution in [0.2, 0.25) is 0 Å². The molecule has 0 heterocycles. The summed E-state index contributed by atoms with van der Waals surface area (Å²) >= 11 is 0. The smallest absolute Gasteiger partial charge is 0.232 e. The number of nitrogens with zero attached hydrogens (tertiary/aromatic N) is 1. The van der Waals surface area contributed by atoms with E-state index in [4.69, 9.17) is 4.74 Å². The molecule has 7 heteroatoms. The largest absolute Gasteiger partial charge is 0.497 e. The number of amides is 1. The first-order valence-electron chi connectivity index (χ1n) is 7.87. The number of hydrogen-bond acceptors (Lipinski definition) is 4. The van der Waals surface area contributed by atoms with Crippen molar-refractivity contribution < 1.29 is 17.9 Å². The molecule has 1 N–H and O–H groups in total. The lowest BCUT2D eigenvalue weighted by atomic mass is 10.2. The molecule has 0 saturated carbocycles. The van der Waals surface area contributed by atoms with Gasteiger partial charge in [-0.25, -0.2) is 8.42 Å². The van der Waals surface area contributed by atoms with Crippen LogP contribution in [0.1, 0.15) is 12.8 Å². The van der Waals surface area contributed by atoms with Gasteiger partial charge in [-0.15, -0.1) is 0 Å². The van der Waals surface area contributed by atoms with Gasteiger partial charge in [-0.05, 0) is 42.8 Å². The van der Waals surface area contributed by atoms with Crippen molar-refractivity contribution in [2.75, 3.05) is 29.5 Å². The van der Waals surface area contributed by atoms with Gasteiger partial charge in [0.1, 0.15) is 5.75 Å². The lowest BCUT2D eigenvalue weighted by Gasteiger charge is -2.22. The zero-order chi connectivity index (χ0) is 18.3. The molecule has 0 fully saturated rings. The summed E-state index contributed by atoms with van der Waals surface area (Å²) in [6.45, 7) is 0.249. The number of hydrogen-bond donors (Lipinski definition) is 1. The molecule has 0 unspecified atom stereocenters. The van der Waals surface area contributed by atoms with E-state index in [-0.39, 0.29) is 18.9 Å². The fourth-order valence-electron chi connectivity index (χ4n) is 2.36. The third-order valence-electron chi connectivity index (χ3n) is 3.58. The Balaban J connectivity index is 1.89. The molecule has 0 aliphatic rings. The van der Waals surface area contributed by atoms with E-state index in [1.165, 1.54) is 4.31 Å². The summed E-state index contributed by atoms with van der Waals surface area (Å²) in [6, 6.07) is 15.9. The van der Waals surface area contributed by atoms with E-state index >= 15 is 0 Å². The van der Waals surface area contributed by atoms with E-state index in [1.807, 2.05) is 6.07 Å². The fourth-order valence-corrected chi connectivity index (χ4v) is 3.33. The SMILES string of the molecule is COc1ccc(NC(=O)CCCN(c2ccccc2)S(C)(=O)=O)cc1. The van der Waals surface area contributed by atoms with Gasteiger partial charge in [0.05, 0.1) is 19.1 Å². The van der Waals surface area contributed by atoms with E-state index in [0.29, 0.717) is 23.5 Å². The monoisotopic (exact) mass is 362 g/mol. The zero-order valence-electron chi connectivity index (χ0n) is 14.3. The summed E-state index contributed by atoms with van der Waals surface area (Å²) in [5.41, 5.74) is 1.27. The molecule has 2 aromatic carbocycles. The minimum Gasteiger partial charge on any atom is -0.497 e. The number of methoxy groups -OCH3 is 1.